The first kappa shape index (κ1) is 22.7. The van der Waals surface area contributed by atoms with Gasteiger partial charge in [0.25, 0.3) is 5.91 Å². The Morgan fingerprint density at radius 2 is 1.97 bits per heavy atom. The average Bonchev–Trinajstić information content (AvgIpc) is 3.55. The van der Waals surface area contributed by atoms with Crippen molar-refractivity contribution >= 4 is 22.9 Å². The molecule has 0 aliphatic heterocycles. The minimum absolute atomic E-state index is 0.336. The van der Waals surface area contributed by atoms with Gasteiger partial charge in [0.2, 0.25) is 0 Å². The van der Waals surface area contributed by atoms with Crippen molar-refractivity contribution in [2.24, 2.45) is 0 Å². The van der Waals surface area contributed by atoms with Crippen molar-refractivity contribution in [1.29, 1.82) is 0 Å². The Balaban J connectivity index is 1.49. The maximum Gasteiger partial charge on any atom is 0.330 e. The van der Waals surface area contributed by atoms with Crippen LogP contribution in [0.1, 0.15) is 60.1 Å². The van der Waals surface area contributed by atoms with E-state index in [1.807, 2.05) is 12.1 Å². The van der Waals surface area contributed by atoms with E-state index < -0.39 is 17.9 Å². The number of imidazole rings is 1. The van der Waals surface area contributed by atoms with Crippen molar-refractivity contribution in [1.82, 2.24) is 14.9 Å². The summed E-state index contributed by atoms with van der Waals surface area (Å²) < 4.78 is 12.8. The molecule has 1 fully saturated rings. The van der Waals surface area contributed by atoms with Crippen LogP contribution in [0.15, 0.2) is 65.5 Å². The lowest BCUT2D eigenvalue weighted by atomic mass is 9.95. The van der Waals surface area contributed by atoms with Crippen molar-refractivity contribution in [3.8, 4) is 17.1 Å². The summed E-state index contributed by atoms with van der Waals surface area (Å²) in [6, 6.07) is 13.0. The van der Waals surface area contributed by atoms with E-state index in [2.05, 4.69) is 9.88 Å². The Morgan fingerprint density at radius 1 is 1.14 bits per heavy atom. The molecule has 2 aromatic carbocycles. The first-order valence-corrected chi connectivity index (χ1v) is 11.8. The van der Waals surface area contributed by atoms with Crippen LogP contribution in [0.2, 0.25) is 0 Å². The average molecular weight is 474 g/mol. The second-order valence-electron chi connectivity index (χ2n) is 8.83. The van der Waals surface area contributed by atoms with Gasteiger partial charge in [-0.05, 0) is 54.8 Å². The molecular formula is C27H27N3O5. The highest BCUT2D eigenvalue weighted by Gasteiger charge is 2.26. The van der Waals surface area contributed by atoms with Gasteiger partial charge in [-0.3, -0.25) is 4.79 Å². The Bertz CT molecular complexity index is 1350. The summed E-state index contributed by atoms with van der Waals surface area (Å²) in [5.74, 6) is -0.307. The van der Waals surface area contributed by atoms with Gasteiger partial charge in [-0.2, -0.15) is 0 Å². The van der Waals surface area contributed by atoms with Crippen molar-refractivity contribution in [3.63, 3.8) is 0 Å². The molecule has 1 aliphatic carbocycles. The van der Waals surface area contributed by atoms with E-state index in [0.29, 0.717) is 28.4 Å². The van der Waals surface area contributed by atoms with Gasteiger partial charge in [-0.1, -0.05) is 31.4 Å². The molecule has 0 saturated heterocycles. The molecule has 8 heteroatoms. The number of fused-ring (bicyclic) bond motifs is 1. The third-order valence-electron chi connectivity index (χ3n) is 6.62. The highest BCUT2D eigenvalue weighted by Crippen LogP contribution is 2.36. The number of amides is 1. The summed E-state index contributed by atoms with van der Waals surface area (Å²) in [7, 11) is 1.51. The molecule has 1 saturated carbocycles. The number of carboxylic acids is 1. The molecule has 0 radical (unpaired) electrons. The third kappa shape index (κ3) is 4.51. The van der Waals surface area contributed by atoms with Gasteiger partial charge in [0.1, 0.15) is 17.8 Å². The number of methoxy groups -OCH3 is 1. The molecule has 1 aliphatic rings. The highest BCUT2D eigenvalue weighted by molar-refractivity contribution is 5.99. The summed E-state index contributed by atoms with van der Waals surface area (Å²) in [5, 5.41) is 12.4. The van der Waals surface area contributed by atoms with Gasteiger partial charge < -0.3 is 24.1 Å². The van der Waals surface area contributed by atoms with E-state index in [1.165, 1.54) is 26.4 Å². The second-order valence-corrected chi connectivity index (χ2v) is 8.83. The lowest BCUT2D eigenvalue weighted by molar-refractivity contribution is -0.139. The number of furan rings is 1. The molecule has 35 heavy (non-hydrogen) atoms. The lowest BCUT2D eigenvalue weighted by Crippen LogP contribution is -2.33. The van der Waals surface area contributed by atoms with E-state index in [9.17, 15) is 14.7 Å². The minimum atomic E-state index is -1.21. The van der Waals surface area contributed by atoms with Crippen molar-refractivity contribution in [2.75, 3.05) is 7.11 Å². The number of hydrogen-bond acceptors (Lipinski definition) is 5. The maximum atomic E-state index is 13.1. The first-order chi connectivity index (χ1) is 17.0. The van der Waals surface area contributed by atoms with Crippen LogP contribution in [-0.4, -0.2) is 33.6 Å². The number of rotatable bonds is 7. The van der Waals surface area contributed by atoms with Crippen LogP contribution in [0.25, 0.3) is 22.4 Å². The number of carboxylic acid groups (broad SMARTS) is 1. The number of benzene rings is 2. The molecule has 8 nitrogen and oxygen atoms in total. The molecule has 1 amide bonds. The number of carbonyl (C=O) groups is 2. The van der Waals surface area contributed by atoms with Crippen LogP contribution >= 0.6 is 0 Å². The van der Waals surface area contributed by atoms with Crippen LogP contribution in [0.5, 0.6) is 5.75 Å². The van der Waals surface area contributed by atoms with E-state index in [0.717, 1.165) is 29.7 Å². The normalized spacial score (nSPS) is 15.1. The predicted molar refractivity (Wildman–Crippen MR) is 130 cm³/mol. The first-order valence-electron chi connectivity index (χ1n) is 11.8. The fourth-order valence-corrected chi connectivity index (χ4v) is 4.87. The highest BCUT2D eigenvalue weighted by atomic mass is 16.5. The monoisotopic (exact) mass is 473 g/mol. The Labute approximate surface area is 202 Å². The van der Waals surface area contributed by atoms with E-state index in [-0.39, 0.29) is 0 Å². The standard InChI is InChI=1S/C27H27N3O5/c1-34-21-9-5-6-17(14-21)24(27(32)33)29-26(31)18-10-11-23-22(15-18)28-25(19-12-13-35-16-19)30(23)20-7-3-2-4-8-20/h5-6,9-16,20,24H,2-4,7-8H2,1H3,(H,29,31)(H,32,33). The molecule has 1 atom stereocenters. The summed E-state index contributed by atoms with van der Waals surface area (Å²) in [5.41, 5.74) is 3.30. The molecule has 0 bridgehead atoms. The summed E-state index contributed by atoms with van der Waals surface area (Å²) in [6.45, 7) is 0. The van der Waals surface area contributed by atoms with Crippen LogP contribution in [-0.2, 0) is 4.79 Å². The molecule has 0 spiro atoms. The quantitative estimate of drug-likeness (QED) is 0.374. The number of hydrogen-bond donors (Lipinski definition) is 2. The molecule has 1 unspecified atom stereocenters. The number of aliphatic carboxylic acids is 1. The fourth-order valence-electron chi connectivity index (χ4n) is 4.87. The number of ether oxygens (including phenoxy) is 1. The van der Waals surface area contributed by atoms with E-state index in [1.54, 1.807) is 48.9 Å². The number of nitrogens with zero attached hydrogens (tertiary/aromatic N) is 2. The topological polar surface area (TPSA) is 107 Å². The van der Waals surface area contributed by atoms with Crippen molar-refractivity contribution < 1.29 is 23.8 Å². The van der Waals surface area contributed by atoms with E-state index in [4.69, 9.17) is 14.1 Å². The largest absolute Gasteiger partial charge is 0.497 e. The van der Waals surface area contributed by atoms with Gasteiger partial charge in [0.15, 0.2) is 6.04 Å². The third-order valence-corrected chi connectivity index (χ3v) is 6.62. The molecule has 180 valence electrons. The van der Waals surface area contributed by atoms with Crippen LogP contribution < -0.4 is 10.1 Å². The number of aromatic nitrogens is 2. The summed E-state index contributed by atoms with van der Waals surface area (Å²) >= 11 is 0. The fraction of sp³-hybridized carbons (Fsp3) is 0.296. The van der Waals surface area contributed by atoms with Gasteiger partial charge in [-0.15, -0.1) is 0 Å². The molecule has 5 rings (SSSR count). The van der Waals surface area contributed by atoms with Gasteiger partial charge >= 0.3 is 5.97 Å². The molecular weight excluding hydrogens is 446 g/mol. The smallest absolute Gasteiger partial charge is 0.330 e. The van der Waals surface area contributed by atoms with Gasteiger partial charge in [0.05, 0.1) is 30.0 Å². The van der Waals surface area contributed by atoms with Gasteiger partial charge in [0, 0.05) is 11.6 Å². The lowest BCUT2D eigenvalue weighted by Gasteiger charge is -2.25. The SMILES string of the molecule is COc1cccc(C(NC(=O)c2ccc3c(c2)nc(-c2ccoc2)n3C2CCCCC2)C(=O)O)c1. The van der Waals surface area contributed by atoms with Gasteiger partial charge in [-0.25, -0.2) is 9.78 Å². The molecule has 2 aromatic heterocycles. The zero-order valence-corrected chi connectivity index (χ0v) is 19.4. The van der Waals surface area contributed by atoms with Crippen LogP contribution in [0.4, 0.5) is 0 Å². The Kier molecular flexibility index (Phi) is 6.27. The molecule has 2 N–H and O–H groups in total. The second kappa shape index (κ2) is 9.66. The summed E-state index contributed by atoms with van der Waals surface area (Å²) in [4.78, 5) is 29.9. The van der Waals surface area contributed by atoms with Crippen molar-refractivity contribution in [3.05, 3.63) is 72.2 Å². The summed E-state index contributed by atoms with van der Waals surface area (Å²) in [6.07, 6.45) is 9.07. The zero-order valence-electron chi connectivity index (χ0n) is 19.4. The Morgan fingerprint density at radius 3 is 2.69 bits per heavy atom. The Hall–Kier alpha value is -4.07. The van der Waals surface area contributed by atoms with Crippen LogP contribution in [0, 0.1) is 0 Å². The number of carbonyl (C=O) groups excluding carboxylic acids is 1. The molecule has 4 aromatic rings. The van der Waals surface area contributed by atoms with Crippen LogP contribution in [0.3, 0.4) is 0 Å². The maximum absolute atomic E-state index is 13.1. The zero-order chi connectivity index (χ0) is 24.4. The predicted octanol–water partition coefficient (Wildman–Crippen LogP) is 5.37. The minimum Gasteiger partial charge on any atom is -0.497 e. The molecule has 2 heterocycles. The van der Waals surface area contributed by atoms with Crippen molar-refractivity contribution in [2.45, 2.75) is 44.2 Å². The van der Waals surface area contributed by atoms with E-state index >= 15 is 0 Å². The number of nitrogens with one attached hydrogen (secondary N) is 1.